The first-order chi connectivity index (χ1) is 9.61. The summed E-state index contributed by atoms with van der Waals surface area (Å²) in [5.74, 6) is -4.13. The van der Waals surface area contributed by atoms with Gasteiger partial charge in [-0.25, -0.2) is 4.79 Å². The van der Waals surface area contributed by atoms with E-state index in [9.17, 15) is 27.6 Å². The first-order valence-electron chi connectivity index (χ1n) is 5.40. The van der Waals surface area contributed by atoms with Crippen molar-refractivity contribution in [3.8, 4) is 0 Å². The molecule has 114 valence electrons. The van der Waals surface area contributed by atoms with Gasteiger partial charge in [-0.05, 0) is 12.1 Å². The fourth-order valence-corrected chi connectivity index (χ4v) is 1.30. The Morgan fingerprint density at radius 2 is 1.86 bits per heavy atom. The predicted octanol–water partition coefficient (Wildman–Crippen LogP) is 0.758. The standard InChI is InChI=1S/C11H9F3N2O5/c12-11(13,14)5-1-2-6(15-4-5)9(19)16-7(10(20)21)3-8(17)18/h1-2,4,7H,3H2,(H,16,19)(H,17,18)(H,20,21)/t7-/m1/s1. The zero-order valence-corrected chi connectivity index (χ0v) is 10.2. The van der Waals surface area contributed by atoms with Crippen LogP contribution in [0.4, 0.5) is 13.2 Å². The van der Waals surface area contributed by atoms with Crippen LogP contribution in [0.15, 0.2) is 18.3 Å². The Bertz CT molecular complexity index is 556. The second-order valence-corrected chi connectivity index (χ2v) is 3.89. The summed E-state index contributed by atoms with van der Waals surface area (Å²) in [5.41, 5.74) is -1.53. The molecule has 0 saturated heterocycles. The van der Waals surface area contributed by atoms with E-state index in [1.165, 1.54) is 0 Å². The molecule has 1 amide bonds. The molecule has 0 saturated carbocycles. The van der Waals surface area contributed by atoms with Crippen LogP contribution in [0.25, 0.3) is 0 Å². The fourth-order valence-electron chi connectivity index (χ4n) is 1.30. The molecule has 0 aliphatic carbocycles. The molecule has 0 spiro atoms. The van der Waals surface area contributed by atoms with Crippen molar-refractivity contribution in [1.82, 2.24) is 10.3 Å². The van der Waals surface area contributed by atoms with Gasteiger partial charge in [0.25, 0.3) is 5.91 Å². The maximum atomic E-state index is 12.3. The molecule has 21 heavy (non-hydrogen) atoms. The second-order valence-electron chi connectivity index (χ2n) is 3.89. The molecule has 0 aliphatic rings. The number of aliphatic carboxylic acids is 2. The van der Waals surface area contributed by atoms with Crippen LogP contribution in [0.2, 0.25) is 0 Å². The molecule has 10 heteroatoms. The van der Waals surface area contributed by atoms with E-state index in [0.717, 1.165) is 6.07 Å². The topological polar surface area (TPSA) is 117 Å². The molecule has 0 radical (unpaired) electrons. The Kier molecular flexibility index (Phi) is 4.84. The van der Waals surface area contributed by atoms with Crippen LogP contribution in [0.5, 0.6) is 0 Å². The third kappa shape index (κ3) is 4.75. The molecule has 1 heterocycles. The van der Waals surface area contributed by atoms with Crippen LogP contribution >= 0.6 is 0 Å². The second kappa shape index (κ2) is 6.20. The van der Waals surface area contributed by atoms with E-state index < -0.39 is 47.7 Å². The molecular weight excluding hydrogens is 297 g/mol. The first-order valence-corrected chi connectivity index (χ1v) is 5.40. The van der Waals surface area contributed by atoms with Gasteiger partial charge in [0.2, 0.25) is 0 Å². The van der Waals surface area contributed by atoms with Gasteiger partial charge in [0.05, 0.1) is 12.0 Å². The highest BCUT2D eigenvalue weighted by atomic mass is 19.4. The van der Waals surface area contributed by atoms with E-state index in [2.05, 4.69) is 4.98 Å². The Morgan fingerprint density at radius 3 is 2.24 bits per heavy atom. The van der Waals surface area contributed by atoms with Crippen molar-refractivity contribution < 1.29 is 37.8 Å². The minimum atomic E-state index is -4.62. The van der Waals surface area contributed by atoms with Gasteiger partial charge in [0.1, 0.15) is 11.7 Å². The van der Waals surface area contributed by atoms with E-state index in [1.54, 1.807) is 0 Å². The number of aromatic nitrogens is 1. The highest BCUT2D eigenvalue weighted by Crippen LogP contribution is 2.28. The highest BCUT2D eigenvalue weighted by Gasteiger charge is 2.31. The minimum absolute atomic E-state index is 0.419. The molecular formula is C11H9F3N2O5. The summed E-state index contributed by atoms with van der Waals surface area (Å²) in [4.78, 5) is 36.0. The lowest BCUT2D eigenvalue weighted by Crippen LogP contribution is -2.42. The van der Waals surface area contributed by atoms with E-state index in [-0.39, 0.29) is 0 Å². The number of carbonyl (C=O) groups is 3. The lowest BCUT2D eigenvalue weighted by atomic mass is 10.2. The van der Waals surface area contributed by atoms with Crippen molar-refractivity contribution in [1.29, 1.82) is 0 Å². The van der Waals surface area contributed by atoms with Crippen LogP contribution in [-0.2, 0) is 15.8 Å². The number of carboxylic acid groups (broad SMARTS) is 2. The fraction of sp³-hybridized carbons (Fsp3) is 0.273. The SMILES string of the molecule is O=C(O)C[C@@H](NC(=O)c1ccc(C(F)(F)F)cn1)C(=O)O. The largest absolute Gasteiger partial charge is 0.481 e. The van der Waals surface area contributed by atoms with Crippen molar-refractivity contribution in [3.05, 3.63) is 29.6 Å². The summed E-state index contributed by atoms with van der Waals surface area (Å²) in [6.07, 6.45) is -5.07. The number of carbonyl (C=O) groups excluding carboxylic acids is 1. The van der Waals surface area contributed by atoms with E-state index in [4.69, 9.17) is 10.2 Å². The Labute approximate surface area is 115 Å². The number of halogens is 3. The van der Waals surface area contributed by atoms with Gasteiger partial charge in [0.15, 0.2) is 0 Å². The summed E-state index contributed by atoms with van der Waals surface area (Å²) in [6.45, 7) is 0. The third-order valence-electron chi connectivity index (χ3n) is 2.31. The maximum absolute atomic E-state index is 12.3. The van der Waals surface area contributed by atoms with Gasteiger partial charge in [-0.3, -0.25) is 14.6 Å². The zero-order valence-electron chi connectivity index (χ0n) is 10.2. The molecule has 0 aliphatic heterocycles. The Balaban J connectivity index is 2.83. The van der Waals surface area contributed by atoms with Gasteiger partial charge >= 0.3 is 18.1 Å². The van der Waals surface area contributed by atoms with Crippen molar-refractivity contribution in [3.63, 3.8) is 0 Å². The van der Waals surface area contributed by atoms with Crippen LogP contribution in [0, 0.1) is 0 Å². The number of nitrogens with one attached hydrogen (secondary N) is 1. The third-order valence-corrected chi connectivity index (χ3v) is 2.31. The van der Waals surface area contributed by atoms with Crippen LogP contribution < -0.4 is 5.32 Å². The Hall–Kier alpha value is -2.65. The van der Waals surface area contributed by atoms with Crippen LogP contribution in [-0.4, -0.2) is 39.1 Å². The summed E-state index contributed by atoms with van der Waals surface area (Å²) < 4.78 is 36.9. The van der Waals surface area contributed by atoms with E-state index >= 15 is 0 Å². The van der Waals surface area contributed by atoms with Gasteiger partial charge in [-0.2, -0.15) is 13.2 Å². The van der Waals surface area contributed by atoms with E-state index in [0.29, 0.717) is 12.3 Å². The summed E-state index contributed by atoms with van der Waals surface area (Å²) in [6, 6.07) is -0.341. The number of hydrogen-bond acceptors (Lipinski definition) is 4. The molecule has 0 unspecified atom stereocenters. The summed E-state index contributed by atoms with van der Waals surface area (Å²) in [5, 5.41) is 19.1. The number of rotatable bonds is 5. The van der Waals surface area contributed by atoms with Crippen molar-refractivity contribution in [2.24, 2.45) is 0 Å². The lowest BCUT2D eigenvalue weighted by Gasteiger charge is -2.12. The molecule has 7 nitrogen and oxygen atoms in total. The predicted molar refractivity (Wildman–Crippen MR) is 60.4 cm³/mol. The minimum Gasteiger partial charge on any atom is -0.481 e. The van der Waals surface area contributed by atoms with Crippen molar-refractivity contribution in [2.75, 3.05) is 0 Å². The molecule has 0 bridgehead atoms. The van der Waals surface area contributed by atoms with E-state index in [1.807, 2.05) is 5.32 Å². The first kappa shape index (κ1) is 16.4. The Morgan fingerprint density at radius 1 is 1.24 bits per heavy atom. The number of pyridine rings is 1. The molecule has 1 aromatic heterocycles. The van der Waals surface area contributed by atoms with Gasteiger partial charge in [0, 0.05) is 6.20 Å². The molecule has 0 fully saturated rings. The zero-order chi connectivity index (χ0) is 16.2. The van der Waals surface area contributed by atoms with Crippen molar-refractivity contribution >= 4 is 17.8 Å². The maximum Gasteiger partial charge on any atom is 0.417 e. The molecule has 1 atom stereocenters. The summed E-state index contributed by atoms with van der Waals surface area (Å²) in [7, 11) is 0. The molecule has 3 N–H and O–H groups in total. The molecule has 1 rings (SSSR count). The average molecular weight is 306 g/mol. The number of carboxylic acids is 2. The molecule has 1 aromatic rings. The van der Waals surface area contributed by atoms with Crippen molar-refractivity contribution in [2.45, 2.75) is 18.6 Å². The van der Waals surface area contributed by atoms with Gasteiger partial charge in [-0.15, -0.1) is 0 Å². The smallest absolute Gasteiger partial charge is 0.417 e. The van der Waals surface area contributed by atoms with Gasteiger partial charge < -0.3 is 15.5 Å². The summed E-state index contributed by atoms with van der Waals surface area (Å²) >= 11 is 0. The number of alkyl halides is 3. The van der Waals surface area contributed by atoms with Crippen LogP contribution in [0.1, 0.15) is 22.5 Å². The number of amides is 1. The number of hydrogen-bond donors (Lipinski definition) is 3. The monoisotopic (exact) mass is 306 g/mol. The van der Waals surface area contributed by atoms with Crippen LogP contribution in [0.3, 0.4) is 0 Å². The molecule has 0 aromatic carbocycles. The normalized spacial score (nSPS) is 12.5. The average Bonchev–Trinajstić information content (AvgIpc) is 2.36. The van der Waals surface area contributed by atoms with Gasteiger partial charge in [-0.1, -0.05) is 0 Å². The quantitative estimate of drug-likeness (QED) is 0.739. The highest BCUT2D eigenvalue weighted by molar-refractivity contribution is 5.95. The number of nitrogens with zero attached hydrogens (tertiary/aromatic N) is 1. The lowest BCUT2D eigenvalue weighted by molar-refractivity contribution is -0.145.